The van der Waals surface area contributed by atoms with Gasteiger partial charge in [0.25, 0.3) is 11.8 Å². The first kappa shape index (κ1) is 34.9. The Labute approximate surface area is 274 Å². The Bertz CT molecular complexity index is 1920. The molecule has 0 saturated carbocycles. The zero-order valence-electron chi connectivity index (χ0n) is 25.7. The topological polar surface area (TPSA) is 221 Å². The number of fused-ring (bicyclic) bond motifs is 2. The molecule has 2 amide bonds. The molecule has 2 aromatic carbocycles. The second kappa shape index (κ2) is 15.1. The minimum absolute atomic E-state index is 0. The Balaban J connectivity index is 0.00000500. The zero-order valence-corrected chi connectivity index (χ0v) is 26.6. The van der Waals surface area contributed by atoms with Crippen LogP contribution >= 0.6 is 12.4 Å². The summed E-state index contributed by atoms with van der Waals surface area (Å²) in [7, 11) is 1.56. The van der Waals surface area contributed by atoms with Gasteiger partial charge in [-0.1, -0.05) is 12.1 Å². The third-order valence-corrected chi connectivity index (χ3v) is 7.45. The molecule has 0 fully saturated rings. The molecule has 0 aliphatic heterocycles. The van der Waals surface area contributed by atoms with Gasteiger partial charge in [0.2, 0.25) is 0 Å². The highest BCUT2D eigenvalue weighted by Crippen LogP contribution is 2.30. The molecule has 3 aromatic heterocycles. The molecular formula is C30H35ClN10O6. The fourth-order valence-corrected chi connectivity index (χ4v) is 5.18. The number of aryl methyl sites for hydroxylation is 3. The molecule has 47 heavy (non-hydrogen) atoms. The van der Waals surface area contributed by atoms with Crippen molar-refractivity contribution in [1.29, 1.82) is 0 Å². The minimum atomic E-state index is -1.06. The zero-order chi connectivity index (χ0) is 33.0. The van der Waals surface area contributed by atoms with Gasteiger partial charge in [0.05, 0.1) is 33.2 Å². The quantitative estimate of drug-likeness (QED) is 0.0694. The Morgan fingerprint density at radius 3 is 1.70 bits per heavy atom. The lowest BCUT2D eigenvalue weighted by Gasteiger charge is -2.17. The van der Waals surface area contributed by atoms with E-state index in [2.05, 4.69) is 36.3 Å². The largest absolute Gasteiger partial charge is 0.595 e. The van der Waals surface area contributed by atoms with Crippen LogP contribution in [-0.2, 0) is 7.05 Å². The van der Waals surface area contributed by atoms with Gasteiger partial charge < -0.3 is 31.7 Å². The molecule has 0 radical (unpaired) electrons. The van der Waals surface area contributed by atoms with Crippen LogP contribution in [0, 0.1) is 24.3 Å². The van der Waals surface area contributed by atoms with E-state index in [1.54, 1.807) is 55.8 Å². The number of amides is 2. The number of benzene rings is 2. The smallest absolute Gasteiger partial charge is 0.271 e. The first-order chi connectivity index (χ1) is 22.1. The van der Waals surface area contributed by atoms with Crippen molar-refractivity contribution in [2.75, 3.05) is 36.8 Å². The molecule has 5 rings (SSSR count). The van der Waals surface area contributed by atoms with Gasteiger partial charge in [-0.15, -0.1) is 12.4 Å². The van der Waals surface area contributed by atoms with Crippen molar-refractivity contribution in [3.8, 4) is 0 Å². The number of quaternary nitrogens is 2. The molecule has 17 heteroatoms. The standard InChI is InChI=1S/C30H34N10O6.ClH/c1-17-4-6-22(39(43)44)25-19(8-10-33-27(17)25)31-12-14-35-29(41)21-16-24(38(3)37-21)30(42)36-15-13-32-20-9-11-34-28-18(2)5-7-23(26(20)28)40(45)46;/h4-11,16,39-40,43,45H,12-15H2,1-3H3,(H,31,33)(H,32,34)(H,35,41)(H,36,42);1H. The van der Waals surface area contributed by atoms with E-state index in [1.165, 1.54) is 10.7 Å². The van der Waals surface area contributed by atoms with E-state index < -0.39 is 22.3 Å². The van der Waals surface area contributed by atoms with Gasteiger partial charge in [0.1, 0.15) is 5.69 Å². The first-order valence-electron chi connectivity index (χ1n) is 14.4. The summed E-state index contributed by atoms with van der Waals surface area (Å²) in [6.07, 6.45) is 3.19. The highest BCUT2D eigenvalue weighted by Gasteiger charge is 2.19. The van der Waals surface area contributed by atoms with Crippen LogP contribution in [0.25, 0.3) is 21.8 Å². The predicted octanol–water partition coefficient (Wildman–Crippen LogP) is 1.05. The highest BCUT2D eigenvalue weighted by atomic mass is 35.5. The molecular weight excluding hydrogens is 632 g/mol. The molecule has 8 N–H and O–H groups in total. The lowest BCUT2D eigenvalue weighted by Crippen LogP contribution is -2.99. The van der Waals surface area contributed by atoms with E-state index in [1.807, 2.05) is 13.8 Å². The van der Waals surface area contributed by atoms with Gasteiger partial charge >= 0.3 is 0 Å². The van der Waals surface area contributed by atoms with Crippen LogP contribution in [0.15, 0.2) is 54.9 Å². The van der Waals surface area contributed by atoms with Crippen LogP contribution in [0.2, 0.25) is 0 Å². The van der Waals surface area contributed by atoms with Crippen molar-refractivity contribution in [2.45, 2.75) is 13.8 Å². The molecule has 16 nitrogen and oxygen atoms in total. The maximum atomic E-state index is 12.9. The van der Waals surface area contributed by atoms with E-state index in [0.29, 0.717) is 46.3 Å². The van der Waals surface area contributed by atoms with E-state index >= 15 is 0 Å². The summed E-state index contributed by atoms with van der Waals surface area (Å²) >= 11 is 0. The van der Waals surface area contributed by atoms with Crippen LogP contribution in [0.1, 0.15) is 32.1 Å². The molecule has 0 spiro atoms. The predicted molar refractivity (Wildman–Crippen MR) is 177 cm³/mol. The van der Waals surface area contributed by atoms with Crippen LogP contribution < -0.4 is 31.7 Å². The average Bonchev–Trinajstić information content (AvgIpc) is 3.43. The van der Waals surface area contributed by atoms with Crippen LogP contribution in [0.3, 0.4) is 0 Å². The summed E-state index contributed by atoms with van der Waals surface area (Å²) < 4.78 is 1.31. The summed E-state index contributed by atoms with van der Waals surface area (Å²) in [4.78, 5) is 34.3. The van der Waals surface area contributed by atoms with Crippen LogP contribution in [0.5, 0.6) is 0 Å². The summed E-state index contributed by atoms with van der Waals surface area (Å²) in [5.74, 6) is -0.915. The number of aromatic nitrogens is 4. The maximum Gasteiger partial charge on any atom is 0.271 e. The van der Waals surface area contributed by atoms with Crippen molar-refractivity contribution < 1.29 is 30.5 Å². The molecule has 0 aliphatic carbocycles. The van der Waals surface area contributed by atoms with Crippen molar-refractivity contribution in [2.24, 2.45) is 7.05 Å². The fraction of sp³-hybridized carbons (Fsp3) is 0.233. The Morgan fingerprint density at radius 2 is 1.23 bits per heavy atom. The first-order valence-corrected chi connectivity index (χ1v) is 14.4. The van der Waals surface area contributed by atoms with Gasteiger partial charge in [-0.2, -0.15) is 15.6 Å². The fourth-order valence-electron chi connectivity index (χ4n) is 5.18. The minimum Gasteiger partial charge on any atom is -0.595 e. The highest BCUT2D eigenvalue weighted by molar-refractivity contribution is 6.01. The van der Waals surface area contributed by atoms with Gasteiger partial charge in [0, 0.05) is 63.8 Å². The van der Waals surface area contributed by atoms with Crippen molar-refractivity contribution in [3.63, 3.8) is 0 Å². The van der Waals surface area contributed by atoms with Crippen molar-refractivity contribution >= 4 is 68.8 Å². The van der Waals surface area contributed by atoms with E-state index in [4.69, 9.17) is 0 Å². The number of hydrogen-bond acceptors (Lipinski definition) is 11. The second-order valence-corrected chi connectivity index (χ2v) is 10.5. The molecule has 3 heterocycles. The number of halogens is 1. The molecule has 248 valence electrons. The van der Waals surface area contributed by atoms with Gasteiger partial charge in [-0.3, -0.25) is 24.2 Å². The lowest BCUT2D eigenvalue weighted by molar-refractivity contribution is -0.990. The monoisotopic (exact) mass is 666 g/mol. The summed E-state index contributed by atoms with van der Waals surface area (Å²) in [6, 6.07) is 11.3. The number of rotatable bonds is 12. The summed E-state index contributed by atoms with van der Waals surface area (Å²) in [5, 5.41) is 57.7. The number of hydrogen-bond donors (Lipinski definition) is 8. The Hall–Kier alpha value is -4.94. The van der Waals surface area contributed by atoms with Crippen molar-refractivity contribution in [1.82, 2.24) is 30.4 Å². The van der Waals surface area contributed by atoms with Gasteiger partial charge in [-0.05, 0) is 37.1 Å². The molecule has 5 aromatic rings. The lowest BCUT2D eigenvalue weighted by atomic mass is 10.1. The second-order valence-electron chi connectivity index (χ2n) is 10.5. The molecule has 0 bridgehead atoms. The van der Waals surface area contributed by atoms with Gasteiger partial charge in [0.15, 0.2) is 17.1 Å². The van der Waals surface area contributed by atoms with Gasteiger partial charge in [-0.25, -0.2) is 10.4 Å². The Morgan fingerprint density at radius 1 is 0.766 bits per heavy atom. The SMILES string of the molecule is Cc1ccc([NH+]([O-])O)c2c(NCCNC(=O)c3cc(C(=O)NCCNc4ccnc5c(C)ccc([NH+]([O-])O)c45)n(C)n3)ccnc12.Cl. The number of anilines is 2. The van der Waals surface area contributed by atoms with E-state index in [9.17, 15) is 30.4 Å². The Kier molecular flexibility index (Phi) is 11.2. The molecule has 2 atom stereocenters. The van der Waals surface area contributed by atoms with Crippen molar-refractivity contribution in [3.05, 3.63) is 87.8 Å². The number of pyridine rings is 2. The van der Waals surface area contributed by atoms with E-state index in [0.717, 1.165) is 11.1 Å². The third-order valence-electron chi connectivity index (χ3n) is 7.45. The number of nitrogens with one attached hydrogen (secondary N) is 6. The van der Waals surface area contributed by atoms with Crippen LogP contribution in [0.4, 0.5) is 22.7 Å². The number of carbonyl (C=O) groups is 2. The molecule has 2 unspecified atom stereocenters. The molecule has 0 saturated heterocycles. The molecule has 0 aliphatic rings. The summed E-state index contributed by atoms with van der Waals surface area (Å²) in [5.41, 5.74) is 4.52. The average molecular weight is 667 g/mol. The normalized spacial score (nSPS) is 12.3. The van der Waals surface area contributed by atoms with E-state index in [-0.39, 0.29) is 48.3 Å². The third kappa shape index (κ3) is 7.55. The number of nitrogens with zero attached hydrogens (tertiary/aromatic N) is 4. The number of carbonyl (C=O) groups excluding carboxylic acids is 2. The summed E-state index contributed by atoms with van der Waals surface area (Å²) in [6.45, 7) is 4.72. The van der Waals surface area contributed by atoms with Crippen LogP contribution in [-0.4, -0.2) is 68.2 Å². The maximum absolute atomic E-state index is 12.9.